The molecule has 0 aromatic heterocycles. The van der Waals surface area contributed by atoms with Gasteiger partial charge in [0.2, 0.25) is 5.91 Å². The normalized spacial score (nSPS) is 13.4. The minimum Gasteiger partial charge on any atom is -0.376 e. The van der Waals surface area contributed by atoms with Crippen LogP contribution in [0.25, 0.3) is 0 Å². The number of nitrogens with one attached hydrogen (secondary N) is 1. The summed E-state index contributed by atoms with van der Waals surface area (Å²) in [6.45, 7) is 7.30. The topological polar surface area (TPSA) is 38.3 Å². The summed E-state index contributed by atoms with van der Waals surface area (Å²) in [6, 6.07) is 0. The zero-order valence-corrected chi connectivity index (χ0v) is 9.34. The summed E-state index contributed by atoms with van der Waals surface area (Å²) in [4.78, 5) is 11.1. The van der Waals surface area contributed by atoms with Crippen LogP contribution in [0.1, 0.15) is 27.7 Å². The van der Waals surface area contributed by atoms with Crippen LogP contribution in [0, 0.1) is 5.92 Å². The molecule has 84 valence electrons. The first-order chi connectivity index (χ1) is 6.43. The van der Waals surface area contributed by atoms with Gasteiger partial charge in [-0.1, -0.05) is 13.8 Å². The first-order valence-electron chi connectivity index (χ1n) is 4.96. The molecule has 0 radical (unpaired) electrons. The predicted molar refractivity (Wildman–Crippen MR) is 53.8 cm³/mol. The van der Waals surface area contributed by atoms with Crippen molar-refractivity contribution in [2.24, 2.45) is 5.92 Å². The van der Waals surface area contributed by atoms with Crippen molar-refractivity contribution >= 4 is 5.91 Å². The second kappa shape index (κ2) is 6.76. The summed E-state index contributed by atoms with van der Waals surface area (Å²) in [5.74, 6) is -0.231. The van der Waals surface area contributed by atoms with Crippen molar-refractivity contribution in [3.63, 3.8) is 0 Å². The molecule has 0 fully saturated rings. The van der Waals surface area contributed by atoms with Crippen LogP contribution in [0.5, 0.6) is 0 Å². The van der Waals surface area contributed by atoms with Crippen molar-refractivity contribution in [3.8, 4) is 0 Å². The Labute approximate surface area is 85.0 Å². The summed E-state index contributed by atoms with van der Waals surface area (Å²) in [6.07, 6.45) is -1.10. The first kappa shape index (κ1) is 13.4. The summed E-state index contributed by atoms with van der Waals surface area (Å²) in [5.41, 5.74) is 0. The molecular weight excluding hydrogens is 185 g/mol. The van der Waals surface area contributed by atoms with Crippen LogP contribution >= 0.6 is 0 Å². The summed E-state index contributed by atoms with van der Waals surface area (Å²) in [7, 11) is 0. The fourth-order valence-electron chi connectivity index (χ4n) is 0.771. The third-order valence-corrected chi connectivity index (χ3v) is 1.63. The van der Waals surface area contributed by atoms with E-state index in [1.54, 1.807) is 13.8 Å². The lowest BCUT2D eigenvalue weighted by Crippen LogP contribution is -2.35. The smallest absolute Gasteiger partial charge is 0.222 e. The molecule has 0 saturated carbocycles. The third kappa shape index (κ3) is 6.83. The molecule has 0 spiro atoms. The van der Waals surface area contributed by atoms with Gasteiger partial charge in [-0.15, -0.1) is 0 Å². The summed E-state index contributed by atoms with van der Waals surface area (Å²) >= 11 is 0. The van der Waals surface area contributed by atoms with Crippen LogP contribution in [0.15, 0.2) is 0 Å². The molecular formula is C10H20FNO2. The lowest BCUT2D eigenvalue weighted by atomic mass is 10.2. The van der Waals surface area contributed by atoms with Crippen molar-refractivity contribution in [1.82, 2.24) is 5.32 Å². The predicted octanol–water partition coefficient (Wildman–Crippen LogP) is 1.52. The lowest BCUT2D eigenvalue weighted by Gasteiger charge is -2.13. The average Bonchev–Trinajstić information content (AvgIpc) is 2.10. The largest absolute Gasteiger partial charge is 0.376 e. The maximum Gasteiger partial charge on any atom is 0.222 e. The van der Waals surface area contributed by atoms with E-state index in [0.29, 0.717) is 0 Å². The van der Waals surface area contributed by atoms with Gasteiger partial charge in [0.15, 0.2) is 0 Å². The van der Waals surface area contributed by atoms with Crippen molar-refractivity contribution in [3.05, 3.63) is 0 Å². The van der Waals surface area contributed by atoms with Crippen LogP contribution in [0.3, 0.4) is 0 Å². The van der Waals surface area contributed by atoms with E-state index in [9.17, 15) is 9.18 Å². The van der Waals surface area contributed by atoms with Gasteiger partial charge in [0.25, 0.3) is 0 Å². The molecule has 0 rings (SSSR count). The van der Waals surface area contributed by atoms with Crippen molar-refractivity contribution in [1.29, 1.82) is 0 Å². The van der Waals surface area contributed by atoms with Gasteiger partial charge in [0, 0.05) is 5.92 Å². The van der Waals surface area contributed by atoms with E-state index in [1.165, 1.54) is 0 Å². The highest BCUT2D eigenvalue weighted by Crippen LogP contribution is 1.96. The monoisotopic (exact) mass is 205 g/mol. The molecule has 0 aromatic rings. The maximum absolute atomic E-state index is 13.0. The minimum absolute atomic E-state index is 0.0223. The lowest BCUT2D eigenvalue weighted by molar-refractivity contribution is -0.124. The van der Waals surface area contributed by atoms with Crippen LogP contribution in [-0.2, 0) is 9.53 Å². The van der Waals surface area contributed by atoms with Crippen molar-refractivity contribution in [2.45, 2.75) is 40.0 Å². The summed E-state index contributed by atoms with van der Waals surface area (Å²) < 4.78 is 18.1. The van der Waals surface area contributed by atoms with E-state index < -0.39 is 6.17 Å². The quantitative estimate of drug-likeness (QED) is 0.714. The Bertz CT molecular complexity index is 172. The van der Waals surface area contributed by atoms with Crippen LogP contribution in [0.2, 0.25) is 0 Å². The number of amides is 1. The van der Waals surface area contributed by atoms with Gasteiger partial charge in [-0.05, 0) is 13.8 Å². The van der Waals surface area contributed by atoms with Gasteiger partial charge >= 0.3 is 0 Å². The Morgan fingerprint density at radius 3 is 2.36 bits per heavy atom. The van der Waals surface area contributed by atoms with E-state index in [1.807, 2.05) is 13.8 Å². The first-order valence-corrected chi connectivity index (χ1v) is 4.96. The molecule has 0 aromatic carbocycles. The summed E-state index contributed by atoms with van der Waals surface area (Å²) in [5, 5.41) is 2.51. The third-order valence-electron chi connectivity index (χ3n) is 1.63. The molecule has 0 heterocycles. The van der Waals surface area contributed by atoms with E-state index in [0.717, 1.165) is 0 Å². The standard InChI is InChI=1S/C10H20FNO2/c1-7(2)10(13)12-5-9(11)6-14-8(3)4/h7-9H,5-6H2,1-4H3,(H,12,13). The van der Waals surface area contributed by atoms with Gasteiger partial charge in [0.05, 0.1) is 19.3 Å². The SMILES string of the molecule is CC(C)OCC(F)CNC(=O)C(C)C. The highest BCUT2D eigenvalue weighted by atomic mass is 19.1. The number of ether oxygens (including phenoxy) is 1. The zero-order chi connectivity index (χ0) is 11.1. The fraction of sp³-hybridized carbons (Fsp3) is 0.900. The molecule has 1 unspecified atom stereocenters. The van der Waals surface area contributed by atoms with E-state index in [4.69, 9.17) is 4.74 Å². The Balaban J connectivity index is 3.53. The second-order valence-electron chi connectivity index (χ2n) is 3.88. The second-order valence-corrected chi connectivity index (χ2v) is 3.88. The van der Waals surface area contributed by atoms with E-state index >= 15 is 0 Å². The molecule has 0 aliphatic heterocycles. The number of hydrogen-bond donors (Lipinski definition) is 1. The molecule has 1 atom stereocenters. The van der Waals surface area contributed by atoms with Gasteiger partial charge in [-0.3, -0.25) is 4.79 Å². The highest BCUT2D eigenvalue weighted by Gasteiger charge is 2.11. The van der Waals surface area contributed by atoms with Crippen LogP contribution in [0.4, 0.5) is 4.39 Å². The number of rotatable bonds is 6. The van der Waals surface area contributed by atoms with Gasteiger partial charge in [-0.25, -0.2) is 4.39 Å². The van der Waals surface area contributed by atoms with Gasteiger partial charge in [-0.2, -0.15) is 0 Å². The van der Waals surface area contributed by atoms with Crippen molar-refractivity contribution in [2.75, 3.05) is 13.2 Å². The molecule has 0 aliphatic carbocycles. The molecule has 0 saturated heterocycles. The Hall–Kier alpha value is -0.640. The van der Waals surface area contributed by atoms with Crippen LogP contribution in [-0.4, -0.2) is 31.3 Å². The molecule has 1 amide bonds. The minimum atomic E-state index is -1.12. The van der Waals surface area contributed by atoms with Crippen molar-refractivity contribution < 1.29 is 13.9 Å². The molecule has 0 bridgehead atoms. The molecule has 0 aliphatic rings. The molecule has 1 N–H and O–H groups in total. The Morgan fingerprint density at radius 2 is 1.93 bits per heavy atom. The average molecular weight is 205 g/mol. The zero-order valence-electron chi connectivity index (χ0n) is 9.34. The fourth-order valence-corrected chi connectivity index (χ4v) is 0.771. The number of alkyl halides is 1. The Morgan fingerprint density at radius 1 is 1.36 bits per heavy atom. The molecule has 14 heavy (non-hydrogen) atoms. The van der Waals surface area contributed by atoms with E-state index in [2.05, 4.69) is 5.32 Å². The van der Waals surface area contributed by atoms with Crippen LogP contribution < -0.4 is 5.32 Å². The maximum atomic E-state index is 13.0. The number of carbonyl (C=O) groups excluding carboxylic acids is 1. The number of halogens is 1. The number of carbonyl (C=O) groups is 1. The number of hydrogen-bond acceptors (Lipinski definition) is 2. The van der Waals surface area contributed by atoms with Gasteiger partial charge < -0.3 is 10.1 Å². The highest BCUT2D eigenvalue weighted by molar-refractivity contribution is 5.77. The Kier molecular flexibility index (Phi) is 6.45. The molecule has 4 heteroatoms. The van der Waals surface area contributed by atoms with Gasteiger partial charge in [0.1, 0.15) is 6.17 Å². The van der Waals surface area contributed by atoms with E-state index in [-0.39, 0.29) is 31.1 Å². The molecule has 3 nitrogen and oxygen atoms in total.